The van der Waals surface area contributed by atoms with Crippen molar-refractivity contribution in [2.45, 2.75) is 38.3 Å². The molecule has 1 rings (SSSR count). The highest BCUT2D eigenvalue weighted by Gasteiger charge is 2.22. The highest BCUT2D eigenvalue weighted by Crippen LogP contribution is 2.42. The zero-order valence-corrected chi connectivity index (χ0v) is 16.7. The van der Waals surface area contributed by atoms with Gasteiger partial charge in [-0.05, 0) is 44.0 Å². The lowest BCUT2D eigenvalue weighted by atomic mass is 10.1. The summed E-state index contributed by atoms with van der Waals surface area (Å²) < 4.78 is 12.1. The van der Waals surface area contributed by atoms with Crippen molar-refractivity contribution in [3.8, 4) is 0 Å². The highest BCUT2D eigenvalue weighted by molar-refractivity contribution is 7.58. The minimum Gasteiger partial charge on any atom is -0.478 e. The van der Waals surface area contributed by atoms with Crippen LogP contribution >= 0.6 is 19.8 Å². The first kappa shape index (κ1) is 25.1. The van der Waals surface area contributed by atoms with Crippen molar-refractivity contribution >= 4 is 25.7 Å². The molecule has 0 aliphatic heterocycles. The summed E-state index contributed by atoms with van der Waals surface area (Å²) in [5.74, 6) is -0.995. The second kappa shape index (κ2) is 12.4. The summed E-state index contributed by atoms with van der Waals surface area (Å²) in [4.78, 5) is 20.9. The monoisotopic (exact) mass is 408 g/mol. The zero-order valence-electron chi connectivity index (χ0n) is 15.0. The molecule has 3 atom stereocenters. The molecule has 7 nitrogen and oxygen atoms in total. The summed E-state index contributed by atoms with van der Waals surface area (Å²) in [5, 5.41) is 22.1. The fraction of sp³-hybridized carbons (Fsp3) is 0.588. The average molecular weight is 409 g/mol. The van der Waals surface area contributed by atoms with Crippen LogP contribution in [-0.4, -0.2) is 52.6 Å². The highest BCUT2D eigenvalue weighted by atomic mass is 35.5. The lowest BCUT2D eigenvalue weighted by Crippen LogP contribution is -2.31. The molecule has 0 spiro atoms. The Morgan fingerprint density at radius 2 is 2.00 bits per heavy atom. The fourth-order valence-electron chi connectivity index (χ4n) is 2.54. The third kappa shape index (κ3) is 9.67. The maximum atomic E-state index is 12.1. The van der Waals surface area contributed by atoms with Crippen LogP contribution in [0.3, 0.4) is 0 Å². The minimum absolute atomic E-state index is 0. The van der Waals surface area contributed by atoms with Crippen LogP contribution in [-0.2, 0) is 4.57 Å². The largest absolute Gasteiger partial charge is 0.478 e. The number of benzene rings is 1. The number of nitrogens with two attached hydrogens (primary N) is 1. The number of rotatable bonds is 12. The standard InChI is InChI=1S/C17H29N2O5P.ClH/c1-13(14-6-5-7-15(10-14)17(21)22)19-11-16(20)12-25(23,24)9-4-2-3-8-18;/h5-7,10,13,16,19-20H,2-4,8-9,11-12,18H2,1H3,(H,21,22)(H,23,24);1H/t13-,16+;/m1./s1. The predicted octanol–water partition coefficient (Wildman–Crippen LogP) is 2.22. The van der Waals surface area contributed by atoms with E-state index in [2.05, 4.69) is 5.32 Å². The van der Waals surface area contributed by atoms with Crippen molar-refractivity contribution in [1.29, 1.82) is 0 Å². The molecular formula is C17H30ClN2O5P. The van der Waals surface area contributed by atoms with E-state index in [1.807, 2.05) is 6.92 Å². The number of carboxylic acid groups (broad SMARTS) is 1. The van der Waals surface area contributed by atoms with E-state index in [-0.39, 0.29) is 42.9 Å². The molecule has 0 fully saturated rings. The van der Waals surface area contributed by atoms with Crippen LogP contribution in [0.4, 0.5) is 0 Å². The SMILES string of the molecule is C[C@@H](NC[C@H](O)CP(=O)(O)CCCCCN)c1cccc(C(=O)O)c1.Cl. The van der Waals surface area contributed by atoms with Crippen LogP contribution in [0.25, 0.3) is 0 Å². The van der Waals surface area contributed by atoms with Gasteiger partial charge in [-0.2, -0.15) is 0 Å². The lowest BCUT2D eigenvalue weighted by molar-refractivity contribution is 0.0696. The Morgan fingerprint density at radius 1 is 1.31 bits per heavy atom. The Hall–Kier alpha value is -0.950. The molecule has 0 amide bonds. The van der Waals surface area contributed by atoms with Gasteiger partial charge in [-0.25, -0.2) is 4.79 Å². The van der Waals surface area contributed by atoms with Gasteiger partial charge < -0.3 is 26.2 Å². The molecule has 26 heavy (non-hydrogen) atoms. The normalized spacial score (nSPS) is 15.5. The fourth-order valence-corrected chi connectivity index (χ4v) is 4.22. The van der Waals surface area contributed by atoms with Gasteiger partial charge in [0, 0.05) is 18.7 Å². The first-order valence-corrected chi connectivity index (χ1v) is 10.5. The van der Waals surface area contributed by atoms with Crippen molar-refractivity contribution in [2.24, 2.45) is 5.73 Å². The maximum Gasteiger partial charge on any atom is 0.335 e. The molecule has 0 saturated carbocycles. The van der Waals surface area contributed by atoms with Gasteiger partial charge in [0.25, 0.3) is 0 Å². The quantitative estimate of drug-likeness (QED) is 0.264. The first-order chi connectivity index (χ1) is 11.7. The van der Waals surface area contributed by atoms with E-state index in [1.165, 1.54) is 6.07 Å². The third-order valence-corrected chi connectivity index (χ3v) is 6.01. The molecular weight excluding hydrogens is 379 g/mol. The zero-order chi connectivity index (χ0) is 18.9. The van der Waals surface area contributed by atoms with Gasteiger partial charge in [0.05, 0.1) is 17.8 Å². The molecule has 0 heterocycles. The van der Waals surface area contributed by atoms with Crippen molar-refractivity contribution in [3.63, 3.8) is 0 Å². The van der Waals surface area contributed by atoms with Crippen molar-refractivity contribution < 1.29 is 24.5 Å². The molecule has 0 aliphatic rings. The predicted molar refractivity (Wildman–Crippen MR) is 106 cm³/mol. The summed E-state index contributed by atoms with van der Waals surface area (Å²) in [7, 11) is -3.35. The van der Waals surface area contributed by atoms with Crippen molar-refractivity contribution in [2.75, 3.05) is 25.4 Å². The molecule has 6 N–H and O–H groups in total. The van der Waals surface area contributed by atoms with Crippen LogP contribution in [0, 0.1) is 0 Å². The van der Waals surface area contributed by atoms with Crippen molar-refractivity contribution in [1.82, 2.24) is 5.32 Å². The van der Waals surface area contributed by atoms with Crippen molar-refractivity contribution in [3.05, 3.63) is 35.4 Å². The summed E-state index contributed by atoms with van der Waals surface area (Å²) >= 11 is 0. The number of aliphatic hydroxyl groups is 1. The molecule has 150 valence electrons. The minimum atomic E-state index is -3.35. The average Bonchev–Trinajstić information content (AvgIpc) is 2.56. The van der Waals surface area contributed by atoms with Gasteiger partial charge in [0.15, 0.2) is 0 Å². The number of hydrogen-bond acceptors (Lipinski definition) is 5. The maximum absolute atomic E-state index is 12.1. The van der Waals surface area contributed by atoms with Gasteiger partial charge in [-0.1, -0.05) is 18.6 Å². The Bertz CT molecular complexity index is 602. The molecule has 0 aromatic heterocycles. The van der Waals surface area contributed by atoms with E-state index in [9.17, 15) is 19.4 Å². The second-order valence-electron chi connectivity index (χ2n) is 6.32. The van der Waals surface area contributed by atoms with Gasteiger partial charge in [0.2, 0.25) is 7.37 Å². The van der Waals surface area contributed by atoms with Crippen LogP contribution in [0.5, 0.6) is 0 Å². The molecule has 0 aliphatic carbocycles. The number of unbranched alkanes of at least 4 members (excludes halogenated alkanes) is 2. The summed E-state index contributed by atoms with van der Waals surface area (Å²) in [6.07, 6.45) is 1.38. The number of hydrogen-bond donors (Lipinski definition) is 5. The van der Waals surface area contributed by atoms with Gasteiger partial charge in [0.1, 0.15) is 0 Å². The lowest BCUT2D eigenvalue weighted by Gasteiger charge is -2.20. The molecule has 0 saturated heterocycles. The summed E-state index contributed by atoms with van der Waals surface area (Å²) in [6, 6.07) is 6.36. The van der Waals surface area contributed by atoms with E-state index in [0.29, 0.717) is 13.0 Å². The number of aliphatic hydroxyl groups excluding tert-OH is 1. The Morgan fingerprint density at radius 3 is 2.62 bits per heavy atom. The molecule has 1 aromatic rings. The van der Waals surface area contributed by atoms with E-state index in [0.717, 1.165) is 18.4 Å². The first-order valence-electron chi connectivity index (χ1n) is 8.51. The Labute approximate surface area is 160 Å². The third-order valence-electron chi connectivity index (χ3n) is 4.00. The second-order valence-corrected chi connectivity index (χ2v) is 8.82. The van der Waals surface area contributed by atoms with Crippen LogP contribution in [0.15, 0.2) is 24.3 Å². The smallest absolute Gasteiger partial charge is 0.335 e. The van der Waals surface area contributed by atoms with Crippen LogP contribution < -0.4 is 11.1 Å². The van der Waals surface area contributed by atoms with E-state index < -0.39 is 19.4 Å². The summed E-state index contributed by atoms with van der Waals surface area (Å²) in [6.45, 7) is 2.58. The van der Waals surface area contributed by atoms with Gasteiger partial charge >= 0.3 is 5.97 Å². The topological polar surface area (TPSA) is 133 Å². The van der Waals surface area contributed by atoms with E-state index >= 15 is 0 Å². The van der Waals surface area contributed by atoms with Crippen LogP contribution in [0.2, 0.25) is 0 Å². The molecule has 0 radical (unpaired) electrons. The number of carbonyl (C=O) groups is 1. The van der Waals surface area contributed by atoms with E-state index in [4.69, 9.17) is 10.8 Å². The van der Waals surface area contributed by atoms with Gasteiger partial charge in [-0.3, -0.25) is 4.57 Å². The van der Waals surface area contributed by atoms with E-state index in [1.54, 1.807) is 18.2 Å². The molecule has 9 heteroatoms. The molecule has 1 aromatic carbocycles. The number of halogens is 1. The Balaban J connectivity index is 0.00000625. The number of carboxylic acids is 1. The number of aromatic carboxylic acids is 1. The molecule has 1 unspecified atom stereocenters. The molecule has 0 bridgehead atoms. The number of nitrogens with one attached hydrogen (secondary N) is 1. The van der Waals surface area contributed by atoms with Gasteiger partial charge in [-0.15, -0.1) is 12.4 Å². The summed E-state index contributed by atoms with van der Waals surface area (Å²) in [5.41, 5.74) is 6.37. The Kier molecular flexibility index (Phi) is 12.0. The van der Waals surface area contributed by atoms with Crippen LogP contribution in [0.1, 0.15) is 48.1 Å².